The van der Waals surface area contributed by atoms with Gasteiger partial charge in [0, 0.05) is 24.4 Å². The Bertz CT molecular complexity index is 999. The minimum atomic E-state index is -0.381. The lowest BCUT2D eigenvalue weighted by molar-refractivity contribution is -0.134. The van der Waals surface area contributed by atoms with E-state index in [2.05, 4.69) is 32.4 Å². The van der Waals surface area contributed by atoms with Crippen molar-refractivity contribution in [3.8, 4) is 23.8 Å². The van der Waals surface area contributed by atoms with Gasteiger partial charge in [0.15, 0.2) is 0 Å². The molecule has 196 valence electrons. The fourth-order valence-corrected chi connectivity index (χ4v) is 4.62. The number of hydrogen-bond acceptors (Lipinski definition) is 5. The van der Waals surface area contributed by atoms with Gasteiger partial charge >= 0.3 is 11.9 Å². The highest BCUT2D eigenvalue weighted by molar-refractivity contribution is 5.76. The number of allylic oxidation sites excluding steroid dienone is 3. The van der Waals surface area contributed by atoms with Gasteiger partial charge in [0.1, 0.15) is 11.5 Å². The maximum atomic E-state index is 12.9. The van der Waals surface area contributed by atoms with Gasteiger partial charge in [-0.05, 0) is 77.2 Å². The number of nitrogens with zero attached hydrogens (tertiary/aromatic N) is 1. The number of hydrogen-bond donors (Lipinski definition) is 0. The first-order valence-corrected chi connectivity index (χ1v) is 13.1. The van der Waals surface area contributed by atoms with Gasteiger partial charge in [-0.1, -0.05) is 43.6 Å². The minimum absolute atomic E-state index is 0.104. The van der Waals surface area contributed by atoms with Crippen LogP contribution in [0.3, 0.4) is 0 Å². The molecule has 2 unspecified atom stereocenters. The quantitative estimate of drug-likeness (QED) is 0.102. The van der Waals surface area contributed by atoms with Crippen molar-refractivity contribution in [3.05, 3.63) is 47.1 Å². The van der Waals surface area contributed by atoms with Gasteiger partial charge in [0.25, 0.3) is 0 Å². The molecule has 0 heterocycles. The fourth-order valence-electron chi connectivity index (χ4n) is 4.62. The van der Waals surface area contributed by atoms with E-state index in [0.717, 1.165) is 55.2 Å². The van der Waals surface area contributed by atoms with Gasteiger partial charge in [-0.25, -0.2) is 0 Å². The number of rotatable bonds is 13. The third-order valence-electron chi connectivity index (χ3n) is 6.63. The van der Waals surface area contributed by atoms with Gasteiger partial charge < -0.3 is 14.4 Å². The molecule has 0 amide bonds. The van der Waals surface area contributed by atoms with Crippen LogP contribution in [-0.2, 0) is 16.0 Å². The largest absolute Gasteiger partial charge is 0.426 e. The second kappa shape index (κ2) is 14.7. The second-order valence-electron chi connectivity index (χ2n) is 10.2. The Morgan fingerprint density at radius 1 is 1.14 bits per heavy atom. The number of carbonyl (C=O) groups is 2. The zero-order chi connectivity index (χ0) is 26.7. The van der Waals surface area contributed by atoms with E-state index >= 15 is 0 Å². The van der Waals surface area contributed by atoms with Gasteiger partial charge in [-0.15, -0.1) is 12.3 Å². The summed E-state index contributed by atoms with van der Waals surface area (Å²) in [5, 5.41) is 0. The normalized spacial score (nSPS) is 17.3. The molecule has 1 aromatic rings. The maximum Gasteiger partial charge on any atom is 0.312 e. The summed E-state index contributed by atoms with van der Waals surface area (Å²) < 4.78 is 12.0. The van der Waals surface area contributed by atoms with Crippen molar-refractivity contribution in [1.82, 2.24) is 4.90 Å². The summed E-state index contributed by atoms with van der Waals surface area (Å²) in [6, 6.07) is 3.91. The Labute approximate surface area is 217 Å². The van der Waals surface area contributed by atoms with E-state index in [9.17, 15) is 9.59 Å². The van der Waals surface area contributed by atoms with Crippen LogP contribution in [0.15, 0.2) is 35.9 Å². The van der Waals surface area contributed by atoms with Crippen molar-refractivity contribution >= 4 is 11.9 Å². The van der Waals surface area contributed by atoms with Crippen molar-refractivity contribution in [1.29, 1.82) is 0 Å². The number of carbonyl (C=O) groups excluding carboxylic acids is 2. The molecule has 0 saturated carbocycles. The van der Waals surface area contributed by atoms with Crippen molar-refractivity contribution in [2.24, 2.45) is 5.92 Å². The maximum absolute atomic E-state index is 12.9. The van der Waals surface area contributed by atoms with Crippen LogP contribution >= 0.6 is 0 Å². The van der Waals surface area contributed by atoms with Crippen LogP contribution in [-0.4, -0.2) is 37.5 Å². The van der Waals surface area contributed by atoms with E-state index in [4.69, 9.17) is 15.9 Å². The molecule has 0 saturated heterocycles. The van der Waals surface area contributed by atoms with Crippen molar-refractivity contribution < 1.29 is 19.1 Å². The number of unbranched alkanes of at least 4 members (excludes halogenated alkanes) is 2. The summed E-state index contributed by atoms with van der Waals surface area (Å²) in [6.07, 6.45) is 14.2. The fraction of sp³-hybridized carbons (Fsp3) is 0.548. The van der Waals surface area contributed by atoms with Crippen LogP contribution in [0.5, 0.6) is 11.5 Å². The van der Waals surface area contributed by atoms with Crippen LogP contribution in [0.25, 0.3) is 0 Å². The summed E-state index contributed by atoms with van der Waals surface area (Å²) in [4.78, 5) is 27.5. The molecule has 1 aliphatic rings. The smallest absolute Gasteiger partial charge is 0.312 e. The molecule has 2 rings (SSSR count). The summed E-state index contributed by atoms with van der Waals surface area (Å²) in [5.41, 5.74) is 4.06. The SMILES string of the molecule is C#CCCC(=O)Oc1cc(CCCCC)cc(OC(=O)CCN(C)C)c1C1C=C(C)CCC1C(=C)C. The van der Waals surface area contributed by atoms with Crippen LogP contribution in [0.4, 0.5) is 0 Å². The zero-order valence-electron chi connectivity index (χ0n) is 22.8. The highest BCUT2D eigenvalue weighted by atomic mass is 16.5. The molecule has 0 radical (unpaired) electrons. The Balaban J connectivity index is 2.63. The molecule has 36 heavy (non-hydrogen) atoms. The first-order valence-electron chi connectivity index (χ1n) is 13.1. The standard InChI is InChI=1S/C31H43NO4/c1-8-10-12-13-24-20-27(35-29(33)14-11-9-2)31(26-19-23(5)15-16-25(26)22(3)4)28(21-24)36-30(34)17-18-32(6)7/h2,19-21,25-26H,3,8,10-18H2,1,4-7H3. The third kappa shape index (κ3) is 8.99. The summed E-state index contributed by atoms with van der Waals surface area (Å²) in [7, 11) is 3.85. The summed E-state index contributed by atoms with van der Waals surface area (Å²) >= 11 is 0. The molecule has 0 aromatic heterocycles. The van der Waals surface area contributed by atoms with E-state index in [1.807, 2.05) is 38.1 Å². The van der Waals surface area contributed by atoms with Crippen molar-refractivity contribution in [3.63, 3.8) is 0 Å². The molecule has 1 aromatic carbocycles. The highest BCUT2D eigenvalue weighted by Gasteiger charge is 2.32. The Hall–Kier alpha value is -2.84. The highest BCUT2D eigenvalue weighted by Crippen LogP contribution is 2.47. The molecule has 1 aliphatic carbocycles. The molecule has 5 heteroatoms. The Morgan fingerprint density at radius 3 is 2.33 bits per heavy atom. The lowest BCUT2D eigenvalue weighted by atomic mass is 9.73. The van der Waals surface area contributed by atoms with Crippen LogP contribution in [0.2, 0.25) is 0 Å². The molecule has 5 nitrogen and oxygen atoms in total. The summed E-state index contributed by atoms with van der Waals surface area (Å²) in [5.74, 6) is 2.81. The lowest BCUT2D eigenvalue weighted by Crippen LogP contribution is -2.22. The van der Waals surface area contributed by atoms with Crippen LogP contribution < -0.4 is 9.47 Å². The molecular weight excluding hydrogens is 450 g/mol. The average Bonchev–Trinajstić information content (AvgIpc) is 2.81. The summed E-state index contributed by atoms with van der Waals surface area (Å²) in [6.45, 7) is 11.1. The van der Waals surface area contributed by atoms with Gasteiger partial charge in [-0.2, -0.15) is 0 Å². The van der Waals surface area contributed by atoms with Crippen LogP contribution in [0.1, 0.15) is 89.2 Å². The predicted octanol–water partition coefficient (Wildman–Crippen LogP) is 6.61. The van der Waals surface area contributed by atoms with Gasteiger partial charge in [-0.3, -0.25) is 9.59 Å². The van der Waals surface area contributed by atoms with Crippen molar-refractivity contribution in [2.45, 2.75) is 84.5 Å². The van der Waals surface area contributed by atoms with E-state index < -0.39 is 0 Å². The lowest BCUT2D eigenvalue weighted by Gasteiger charge is -2.32. The van der Waals surface area contributed by atoms with Gasteiger partial charge in [0.05, 0.1) is 12.8 Å². The number of esters is 2. The average molecular weight is 494 g/mol. The topological polar surface area (TPSA) is 55.8 Å². The molecule has 0 spiro atoms. The second-order valence-corrected chi connectivity index (χ2v) is 10.2. The van der Waals surface area contributed by atoms with Crippen LogP contribution in [0, 0.1) is 18.3 Å². The number of benzene rings is 1. The number of aryl methyl sites for hydroxylation is 1. The van der Waals surface area contributed by atoms with Crippen molar-refractivity contribution in [2.75, 3.05) is 20.6 Å². The Kier molecular flexibility index (Phi) is 12.0. The molecule has 0 fully saturated rings. The Morgan fingerprint density at radius 2 is 1.78 bits per heavy atom. The van der Waals surface area contributed by atoms with E-state index in [1.54, 1.807) is 0 Å². The molecular formula is C31H43NO4. The minimum Gasteiger partial charge on any atom is -0.426 e. The number of ether oxygens (including phenoxy) is 2. The number of terminal acetylenes is 1. The molecule has 0 N–H and O–H groups in total. The molecule has 2 atom stereocenters. The third-order valence-corrected chi connectivity index (χ3v) is 6.63. The molecule has 0 bridgehead atoms. The van der Waals surface area contributed by atoms with E-state index in [-0.39, 0.29) is 36.6 Å². The predicted molar refractivity (Wildman–Crippen MR) is 146 cm³/mol. The first-order chi connectivity index (χ1) is 17.2. The van der Waals surface area contributed by atoms with E-state index in [0.29, 0.717) is 24.5 Å². The monoisotopic (exact) mass is 493 g/mol. The van der Waals surface area contributed by atoms with E-state index in [1.165, 1.54) is 5.57 Å². The van der Waals surface area contributed by atoms with Gasteiger partial charge in [0.2, 0.25) is 0 Å². The first kappa shape index (κ1) is 29.4. The zero-order valence-corrected chi connectivity index (χ0v) is 22.8. The molecule has 0 aliphatic heterocycles.